The summed E-state index contributed by atoms with van der Waals surface area (Å²) >= 11 is 0. The van der Waals surface area contributed by atoms with Gasteiger partial charge in [-0.15, -0.1) is 10.2 Å². The molecule has 0 saturated carbocycles. The summed E-state index contributed by atoms with van der Waals surface area (Å²) in [6, 6.07) is 14.4. The molecule has 0 atom stereocenters. The molecule has 5 nitrogen and oxygen atoms in total. The number of phenols is 1. The fourth-order valence-electron chi connectivity index (χ4n) is 2.08. The summed E-state index contributed by atoms with van der Waals surface area (Å²) in [5, 5.41) is 19.9. The number of azo groups is 1. The maximum absolute atomic E-state index is 10.3. The number of nitrogens with zero attached hydrogens (tertiary/aromatic N) is 3. The van der Waals surface area contributed by atoms with Crippen LogP contribution in [0.25, 0.3) is 10.8 Å². The molecule has 2 aromatic carbocycles. The van der Waals surface area contributed by atoms with Crippen molar-refractivity contribution in [1.29, 1.82) is 0 Å². The van der Waals surface area contributed by atoms with Crippen LogP contribution in [-0.4, -0.2) is 17.2 Å². The topological polar surface area (TPSA) is 67.1 Å². The van der Waals surface area contributed by atoms with Gasteiger partial charge < -0.3 is 9.84 Å². The quantitative estimate of drug-likeness (QED) is 0.724. The number of ether oxygens (including phenoxy) is 1. The zero-order valence-electron chi connectivity index (χ0n) is 11.4. The monoisotopic (exact) mass is 279 g/mol. The van der Waals surface area contributed by atoms with E-state index in [0.29, 0.717) is 22.6 Å². The van der Waals surface area contributed by atoms with E-state index in [4.69, 9.17) is 4.74 Å². The maximum Gasteiger partial charge on any atom is 0.174 e. The summed E-state index contributed by atoms with van der Waals surface area (Å²) < 4.78 is 5.35. The number of fused-ring (bicyclic) bond motifs is 1. The van der Waals surface area contributed by atoms with Gasteiger partial charge in [-0.05, 0) is 12.1 Å². The third-order valence-corrected chi connectivity index (χ3v) is 3.09. The lowest BCUT2D eigenvalue weighted by Crippen LogP contribution is -1.85. The van der Waals surface area contributed by atoms with Crippen LogP contribution in [0.15, 0.2) is 65.0 Å². The van der Waals surface area contributed by atoms with Crippen LogP contribution in [0.2, 0.25) is 0 Å². The molecule has 3 rings (SSSR count). The molecule has 5 heteroatoms. The van der Waals surface area contributed by atoms with Crippen LogP contribution in [0.4, 0.5) is 11.5 Å². The van der Waals surface area contributed by atoms with Gasteiger partial charge in [0.05, 0.1) is 7.11 Å². The third kappa shape index (κ3) is 2.53. The zero-order valence-corrected chi connectivity index (χ0v) is 11.4. The van der Waals surface area contributed by atoms with E-state index in [1.807, 2.05) is 30.3 Å². The number of hydrogen-bond acceptors (Lipinski definition) is 5. The Balaban J connectivity index is 2.11. The summed E-state index contributed by atoms with van der Waals surface area (Å²) in [5.41, 5.74) is 0.344. The van der Waals surface area contributed by atoms with Gasteiger partial charge in [-0.25, -0.2) is 4.98 Å². The largest absolute Gasteiger partial charge is 0.505 e. The average molecular weight is 279 g/mol. The first-order valence-electron chi connectivity index (χ1n) is 6.41. The lowest BCUT2D eigenvalue weighted by molar-refractivity contribution is 0.418. The van der Waals surface area contributed by atoms with Crippen molar-refractivity contribution in [2.24, 2.45) is 10.2 Å². The molecule has 0 radical (unpaired) electrons. The first-order chi connectivity index (χ1) is 10.3. The highest BCUT2D eigenvalue weighted by Gasteiger charge is 2.11. The highest BCUT2D eigenvalue weighted by molar-refractivity contribution is 5.97. The van der Waals surface area contributed by atoms with Crippen molar-refractivity contribution in [2.45, 2.75) is 0 Å². The zero-order chi connectivity index (χ0) is 14.7. The van der Waals surface area contributed by atoms with Crippen molar-refractivity contribution in [3.63, 3.8) is 0 Å². The average Bonchev–Trinajstić information content (AvgIpc) is 2.55. The number of benzene rings is 2. The molecule has 3 aromatic rings. The molecule has 0 fully saturated rings. The molecule has 0 amide bonds. The van der Waals surface area contributed by atoms with Gasteiger partial charge in [0.15, 0.2) is 11.6 Å². The van der Waals surface area contributed by atoms with Gasteiger partial charge in [0.1, 0.15) is 11.4 Å². The smallest absolute Gasteiger partial charge is 0.174 e. The standard InChI is InChI=1S/C16H13N3O2/c1-21-14-10-13(18-19-15-8-4-5-9-17-15)16(20)12-7-3-2-6-11(12)14/h2-10,20H,1H3. The Bertz CT molecular complexity index is 801. The number of phenolic OH excluding ortho intramolecular Hbond substituents is 1. The molecule has 1 N–H and O–H groups in total. The Morgan fingerprint density at radius 2 is 1.76 bits per heavy atom. The number of aromatic hydroxyl groups is 1. The summed E-state index contributed by atoms with van der Waals surface area (Å²) in [5.74, 6) is 1.19. The second-order valence-electron chi connectivity index (χ2n) is 4.38. The van der Waals surface area contributed by atoms with Gasteiger partial charge in [0.2, 0.25) is 0 Å². The van der Waals surface area contributed by atoms with Crippen molar-refractivity contribution in [2.75, 3.05) is 7.11 Å². The van der Waals surface area contributed by atoms with E-state index in [1.54, 1.807) is 31.5 Å². The van der Waals surface area contributed by atoms with Crippen LogP contribution in [-0.2, 0) is 0 Å². The molecule has 0 unspecified atom stereocenters. The Morgan fingerprint density at radius 1 is 1.00 bits per heavy atom. The molecule has 1 aromatic heterocycles. The minimum Gasteiger partial charge on any atom is -0.505 e. The molecule has 0 bridgehead atoms. The van der Waals surface area contributed by atoms with Crippen LogP contribution in [0.3, 0.4) is 0 Å². The van der Waals surface area contributed by atoms with Crippen molar-refractivity contribution in [1.82, 2.24) is 4.98 Å². The minimum absolute atomic E-state index is 0.0751. The summed E-state index contributed by atoms with van der Waals surface area (Å²) in [6.07, 6.45) is 1.63. The van der Waals surface area contributed by atoms with E-state index in [0.717, 1.165) is 5.39 Å². The predicted octanol–water partition coefficient (Wildman–Crippen LogP) is 4.36. The van der Waals surface area contributed by atoms with E-state index in [1.165, 1.54) is 0 Å². The number of aromatic nitrogens is 1. The fraction of sp³-hybridized carbons (Fsp3) is 0.0625. The molecule has 21 heavy (non-hydrogen) atoms. The molecule has 104 valence electrons. The Kier molecular flexibility index (Phi) is 3.47. The number of methoxy groups -OCH3 is 1. The van der Waals surface area contributed by atoms with E-state index < -0.39 is 0 Å². The molecule has 0 spiro atoms. The first-order valence-corrected chi connectivity index (χ1v) is 6.41. The number of pyridine rings is 1. The second-order valence-corrected chi connectivity index (χ2v) is 4.38. The molecule has 0 aliphatic rings. The van der Waals surface area contributed by atoms with Gasteiger partial charge in [0, 0.05) is 23.0 Å². The SMILES string of the molecule is COc1cc(N=Nc2ccccn2)c(O)c2ccccc12. The second kappa shape index (κ2) is 5.58. The molecule has 0 saturated heterocycles. The van der Waals surface area contributed by atoms with Crippen LogP contribution < -0.4 is 4.74 Å². The van der Waals surface area contributed by atoms with Crippen molar-refractivity contribution >= 4 is 22.3 Å². The number of rotatable bonds is 3. The maximum atomic E-state index is 10.3. The lowest BCUT2D eigenvalue weighted by Gasteiger charge is -2.08. The molecule has 0 aliphatic carbocycles. The van der Waals surface area contributed by atoms with Gasteiger partial charge in [-0.1, -0.05) is 30.3 Å². The summed E-state index contributed by atoms with van der Waals surface area (Å²) in [6.45, 7) is 0. The van der Waals surface area contributed by atoms with E-state index >= 15 is 0 Å². The molecule has 0 aliphatic heterocycles. The normalized spacial score (nSPS) is 11.1. The molecular weight excluding hydrogens is 266 g/mol. The number of hydrogen-bond donors (Lipinski definition) is 1. The summed E-state index contributed by atoms with van der Waals surface area (Å²) in [4.78, 5) is 4.06. The highest BCUT2D eigenvalue weighted by atomic mass is 16.5. The Labute approximate surface area is 121 Å². The molecular formula is C16H13N3O2. The van der Waals surface area contributed by atoms with E-state index in [-0.39, 0.29) is 5.75 Å². The van der Waals surface area contributed by atoms with Crippen LogP contribution in [0.1, 0.15) is 0 Å². The van der Waals surface area contributed by atoms with Crippen LogP contribution >= 0.6 is 0 Å². The van der Waals surface area contributed by atoms with Gasteiger partial charge >= 0.3 is 0 Å². The molecule has 1 heterocycles. The minimum atomic E-state index is 0.0751. The van der Waals surface area contributed by atoms with Crippen LogP contribution in [0.5, 0.6) is 11.5 Å². The third-order valence-electron chi connectivity index (χ3n) is 3.09. The van der Waals surface area contributed by atoms with E-state index in [2.05, 4.69) is 15.2 Å². The van der Waals surface area contributed by atoms with E-state index in [9.17, 15) is 5.11 Å². The Morgan fingerprint density at radius 3 is 2.48 bits per heavy atom. The predicted molar refractivity (Wildman–Crippen MR) is 80.6 cm³/mol. The van der Waals surface area contributed by atoms with Gasteiger partial charge in [-0.2, -0.15) is 0 Å². The van der Waals surface area contributed by atoms with Crippen molar-refractivity contribution < 1.29 is 9.84 Å². The lowest BCUT2D eigenvalue weighted by atomic mass is 10.1. The van der Waals surface area contributed by atoms with Crippen molar-refractivity contribution in [3.8, 4) is 11.5 Å². The van der Waals surface area contributed by atoms with Gasteiger partial charge in [-0.3, -0.25) is 0 Å². The summed E-state index contributed by atoms with van der Waals surface area (Å²) in [7, 11) is 1.58. The van der Waals surface area contributed by atoms with Gasteiger partial charge in [0.25, 0.3) is 0 Å². The highest BCUT2D eigenvalue weighted by Crippen LogP contribution is 2.40. The van der Waals surface area contributed by atoms with Crippen molar-refractivity contribution in [3.05, 3.63) is 54.7 Å². The van der Waals surface area contributed by atoms with Crippen LogP contribution in [0, 0.1) is 0 Å². The first kappa shape index (κ1) is 13.1. The fourth-order valence-corrected chi connectivity index (χ4v) is 2.08. The Hall–Kier alpha value is -2.95.